The number of ether oxygens (including phenoxy) is 6. The van der Waals surface area contributed by atoms with Crippen LogP contribution < -0.4 is 10.8 Å². The van der Waals surface area contributed by atoms with Gasteiger partial charge < -0.3 is 33.7 Å². The lowest BCUT2D eigenvalue weighted by atomic mass is 10.1. The van der Waals surface area contributed by atoms with E-state index in [-0.39, 0.29) is 38.5 Å². The molecule has 0 saturated carbocycles. The highest BCUT2D eigenvalue weighted by molar-refractivity contribution is 5.97. The van der Waals surface area contributed by atoms with Crippen LogP contribution in [0.5, 0.6) is 0 Å². The molecule has 2 rings (SSSR count). The van der Waals surface area contributed by atoms with Crippen LogP contribution in [0.2, 0.25) is 0 Å². The van der Waals surface area contributed by atoms with E-state index in [4.69, 9.17) is 28.4 Å². The van der Waals surface area contributed by atoms with Crippen molar-refractivity contribution in [3.63, 3.8) is 0 Å². The van der Waals surface area contributed by atoms with Gasteiger partial charge in [-0.05, 0) is 0 Å². The number of carbonyl (C=O) groups excluding carboxylic acids is 1. The summed E-state index contributed by atoms with van der Waals surface area (Å²) in [5, 5.41) is 25.5. The second-order valence-electron chi connectivity index (χ2n) is 7.44. The van der Waals surface area contributed by atoms with Gasteiger partial charge >= 0.3 is 11.4 Å². The van der Waals surface area contributed by atoms with Crippen molar-refractivity contribution >= 4 is 23.0 Å². The van der Waals surface area contributed by atoms with E-state index in [0.717, 1.165) is 19.2 Å². The third-order valence-electron chi connectivity index (χ3n) is 4.82. The lowest BCUT2D eigenvalue weighted by molar-refractivity contribution is -0.392. The summed E-state index contributed by atoms with van der Waals surface area (Å²) in [6.45, 7) is 3.68. The van der Waals surface area contributed by atoms with Gasteiger partial charge in [-0.1, -0.05) is 0 Å². The average molecular weight is 533 g/mol. The van der Waals surface area contributed by atoms with Crippen LogP contribution in [0.1, 0.15) is 10.4 Å². The molecule has 0 aromatic heterocycles. The maximum atomic E-state index is 12.7. The lowest BCUT2D eigenvalue weighted by Gasteiger charge is -2.19. The summed E-state index contributed by atoms with van der Waals surface area (Å²) in [5.74, 6) is -0.769. The van der Waals surface area contributed by atoms with E-state index in [2.05, 4.69) is 15.6 Å². The van der Waals surface area contributed by atoms with Gasteiger partial charge in [-0.25, -0.2) is 0 Å². The molecule has 1 aliphatic heterocycles. The minimum absolute atomic E-state index is 0.0314. The first-order valence-electron chi connectivity index (χ1n) is 11.5. The Hall–Kier alpha value is -2.99. The molecule has 0 radical (unpaired) electrons. The van der Waals surface area contributed by atoms with E-state index in [9.17, 15) is 25.0 Å². The van der Waals surface area contributed by atoms with Gasteiger partial charge in [-0.2, -0.15) is 0 Å². The zero-order valence-electron chi connectivity index (χ0n) is 20.5. The number of hydrogen-bond donors (Lipinski definition) is 2. The quantitative estimate of drug-likeness (QED) is 0.368. The zero-order valence-corrected chi connectivity index (χ0v) is 20.5. The van der Waals surface area contributed by atoms with Crippen molar-refractivity contribution in [1.29, 1.82) is 0 Å². The minimum Gasteiger partial charge on any atom is -0.377 e. The van der Waals surface area contributed by atoms with E-state index in [1.54, 1.807) is 0 Å². The van der Waals surface area contributed by atoms with Gasteiger partial charge in [0.25, 0.3) is 5.91 Å². The van der Waals surface area contributed by atoms with Crippen LogP contribution in [-0.4, -0.2) is 108 Å². The molecule has 37 heavy (non-hydrogen) atoms. The van der Waals surface area contributed by atoms with Crippen molar-refractivity contribution < 1.29 is 47.9 Å². The number of nitro benzene ring substituents is 2. The fourth-order valence-electron chi connectivity index (χ4n) is 3.08. The van der Waals surface area contributed by atoms with Crippen molar-refractivity contribution in [2.45, 2.75) is 6.10 Å². The number of benzene rings is 1. The number of hydrogen-bond acceptors (Lipinski definition) is 13. The molecule has 1 heterocycles. The molecule has 0 spiro atoms. The van der Waals surface area contributed by atoms with Crippen molar-refractivity contribution in [1.82, 2.24) is 5.32 Å². The first-order valence-corrected chi connectivity index (χ1v) is 11.5. The fraction of sp³-hybridized carbons (Fsp3) is 0.667. The molecule has 1 saturated heterocycles. The second-order valence-corrected chi connectivity index (χ2v) is 7.44. The molecule has 1 aromatic rings. The highest BCUT2D eigenvalue weighted by Gasteiger charge is 2.29. The van der Waals surface area contributed by atoms with E-state index in [1.807, 2.05) is 0 Å². The number of amides is 1. The molecule has 1 fully saturated rings. The largest absolute Gasteiger partial charge is 0.377 e. The molecule has 16 nitrogen and oxygen atoms in total. The van der Waals surface area contributed by atoms with Crippen LogP contribution in [-0.2, 0) is 33.3 Å². The number of nitrogens with zero attached hydrogens (tertiary/aromatic N) is 2. The maximum Gasteiger partial charge on any atom is 0.302 e. The number of carbonyl (C=O) groups is 1. The molecule has 1 aliphatic rings. The summed E-state index contributed by atoms with van der Waals surface area (Å²) in [6.07, 6.45) is -0.592. The van der Waals surface area contributed by atoms with E-state index in [0.29, 0.717) is 46.2 Å². The van der Waals surface area contributed by atoms with Crippen LogP contribution in [0.25, 0.3) is 0 Å². The van der Waals surface area contributed by atoms with E-state index >= 15 is 0 Å². The minimum atomic E-state index is -0.854. The Morgan fingerprint density at radius 1 is 0.865 bits per heavy atom. The van der Waals surface area contributed by atoms with Crippen molar-refractivity contribution in [3.8, 4) is 0 Å². The van der Waals surface area contributed by atoms with Gasteiger partial charge in [-0.15, -0.1) is 0 Å². The van der Waals surface area contributed by atoms with Gasteiger partial charge in [0.2, 0.25) is 5.69 Å². The number of rotatable bonds is 7. The van der Waals surface area contributed by atoms with Crippen molar-refractivity contribution in [2.24, 2.45) is 0 Å². The Morgan fingerprint density at radius 3 is 1.78 bits per heavy atom. The van der Waals surface area contributed by atoms with Gasteiger partial charge in [0, 0.05) is 18.7 Å². The van der Waals surface area contributed by atoms with E-state index < -0.39 is 38.9 Å². The molecule has 2 N–H and O–H groups in total. The third-order valence-corrected chi connectivity index (χ3v) is 4.82. The first-order chi connectivity index (χ1) is 17.9. The van der Waals surface area contributed by atoms with Crippen molar-refractivity contribution in [3.05, 3.63) is 37.9 Å². The summed E-state index contributed by atoms with van der Waals surface area (Å²) in [4.78, 5) is 38.5. The molecule has 0 bridgehead atoms. The smallest absolute Gasteiger partial charge is 0.302 e. The Labute approximate surface area is 212 Å². The van der Waals surface area contributed by atoms with Gasteiger partial charge in [-0.3, -0.25) is 35.3 Å². The number of nitro groups is 2. The Balaban J connectivity index is 2.01. The number of anilines is 1. The zero-order chi connectivity index (χ0) is 26.9. The Morgan fingerprint density at radius 2 is 1.32 bits per heavy atom. The highest BCUT2D eigenvalue weighted by Crippen LogP contribution is 2.35. The SMILES string of the molecule is CONc1c([N+](=O)[O-])cc(C(=O)NCC2COCCOCCOCCOCCOCCO2)cc1[N+](=O)[O-]. The van der Waals surface area contributed by atoms with Crippen LogP contribution >= 0.6 is 0 Å². The molecule has 16 heteroatoms. The predicted molar refractivity (Wildman–Crippen MR) is 127 cm³/mol. The third kappa shape index (κ3) is 11.3. The summed E-state index contributed by atoms with van der Waals surface area (Å²) in [7, 11) is 1.15. The van der Waals surface area contributed by atoms with Crippen LogP contribution in [0.15, 0.2) is 12.1 Å². The second kappa shape index (κ2) is 17.5. The molecule has 0 aliphatic carbocycles. The van der Waals surface area contributed by atoms with Gasteiger partial charge in [0.05, 0.1) is 101 Å². The highest BCUT2D eigenvalue weighted by atomic mass is 16.6. The molecule has 1 amide bonds. The molecule has 1 unspecified atom stereocenters. The monoisotopic (exact) mass is 532 g/mol. The van der Waals surface area contributed by atoms with E-state index in [1.165, 1.54) is 0 Å². The fourth-order valence-corrected chi connectivity index (χ4v) is 3.08. The molecular weight excluding hydrogens is 500 g/mol. The number of nitrogens with one attached hydrogen (secondary N) is 2. The summed E-state index contributed by atoms with van der Waals surface area (Å²) in [5.41, 5.74) is -0.0134. The van der Waals surface area contributed by atoms with Gasteiger partial charge in [0.15, 0.2) is 0 Å². The van der Waals surface area contributed by atoms with Crippen LogP contribution in [0.3, 0.4) is 0 Å². The van der Waals surface area contributed by atoms with Gasteiger partial charge in [0.1, 0.15) is 0 Å². The Bertz CT molecular complexity index is 819. The van der Waals surface area contributed by atoms with Crippen LogP contribution in [0.4, 0.5) is 17.1 Å². The molecular formula is C21H32N4O12. The lowest BCUT2D eigenvalue weighted by Crippen LogP contribution is -2.37. The Kier molecular flexibility index (Phi) is 14.3. The predicted octanol–water partition coefficient (Wildman–Crippen LogP) is 0.688. The maximum absolute atomic E-state index is 12.7. The topological polar surface area (TPSA) is 192 Å². The normalized spacial score (nSPS) is 19.2. The summed E-state index contributed by atoms with van der Waals surface area (Å²) >= 11 is 0. The first kappa shape index (κ1) is 30.2. The average Bonchev–Trinajstić information content (AvgIpc) is 2.87. The summed E-state index contributed by atoms with van der Waals surface area (Å²) in [6, 6.07) is 1.84. The molecule has 1 atom stereocenters. The summed E-state index contributed by atoms with van der Waals surface area (Å²) < 4.78 is 32.9. The standard InChI is InChI=1S/C21H32N4O12/c1-31-23-20-18(24(27)28)12-16(13-19(20)25(29)30)21(26)22-14-17-15-36-9-8-34-5-4-32-2-3-33-6-7-35-10-11-37-17/h12-13,17,23H,2-11,14-15H2,1H3,(H,22,26). The van der Waals surface area contributed by atoms with Crippen molar-refractivity contribution in [2.75, 3.05) is 91.8 Å². The molecule has 1 aromatic carbocycles. The van der Waals surface area contributed by atoms with Crippen LogP contribution in [0, 0.1) is 20.2 Å². The molecule has 208 valence electrons.